The molecule has 2 aromatic heterocycles. The fourth-order valence-electron chi connectivity index (χ4n) is 1.30. The zero-order valence-electron chi connectivity index (χ0n) is 9.15. The van der Waals surface area contributed by atoms with Crippen molar-refractivity contribution in [2.45, 2.75) is 11.1 Å². The van der Waals surface area contributed by atoms with E-state index in [0.717, 1.165) is 11.3 Å². The normalized spacial score (nSPS) is 11.5. The Labute approximate surface area is 122 Å². The van der Waals surface area contributed by atoms with Crippen LogP contribution in [0.2, 0.25) is 5.15 Å². The third-order valence-electron chi connectivity index (χ3n) is 2.18. The Morgan fingerprint density at radius 1 is 1.44 bits per heavy atom. The summed E-state index contributed by atoms with van der Waals surface area (Å²) in [6.07, 6.45) is 1.52. The van der Waals surface area contributed by atoms with Crippen molar-refractivity contribution in [3.63, 3.8) is 0 Å². The maximum absolute atomic E-state index is 12.2. The van der Waals surface area contributed by atoms with Crippen LogP contribution >= 0.6 is 38.9 Å². The summed E-state index contributed by atoms with van der Waals surface area (Å²) in [4.78, 5) is 3.86. The molecule has 8 heteroatoms. The van der Waals surface area contributed by atoms with E-state index in [1.54, 1.807) is 24.4 Å². The highest BCUT2D eigenvalue weighted by molar-refractivity contribution is 9.10. The zero-order chi connectivity index (χ0) is 13.3. The first-order chi connectivity index (χ1) is 8.42. The van der Waals surface area contributed by atoms with Crippen LogP contribution in [0.5, 0.6) is 0 Å². The van der Waals surface area contributed by atoms with Gasteiger partial charge >= 0.3 is 0 Å². The molecule has 2 aromatic rings. The molecule has 0 saturated heterocycles. The maximum Gasteiger partial charge on any atom is 0.272 e. The molecule has 18 heavy (non-hydrogen) atoms. The molecule has 0 radical (unpaired) electrons. The van der Waals surface area contributed by atoms with Crippen LogP contribution in [-0.4, -0.2) is 13.4 Å². The maximum atomic E-state index is 12.2. The van der Waals surface area contributed by atoms with Crippen LogP contribution in [0.1, 0.15) is 5.56 Å². The van der Waals surface area contributed by atoms with E-state index in [1.807, 2.05) is 0 Å². The van der Waals surface area contributed by atoms with Crippen LogP contribution in [-0.2, 0) is 10.0 Å². The van der Waals surface area contributed by atoms with Gasteiger partial charge in [-0.2, -0.15) is 0 Å². The lowest BCUT2D eigenvalue weighted by Gasteiger charge is -2.10. The van der Waals surface area contributed by atoms with Crippen molar-refractivity contribution < 1.29 is 8.42 Å². The molecule has 1 N–H and O–H groups in total. The Balaban J connectivity index is 2.44. The van der Waals surface area contributed by atoms with Gasteiger partial charge in [0.15, 0.2) is 9.36 Å². The molecule has 2 rings (SSSR count). The highest BCUT2D eigenvalue weighted by atomic mass is 79.9. The molecule has 0 aliphatic heterocycles. The van der Waals surface area contributed by atoms with E-state index >= 15 is 0 Å². The van der Waals surface area contributed by atoms with Gasteiger partial charge in [-0.25, -0.2) is 13.4 Å². The Morgan fingerprint density at radius 3 is 2.72 bits per heavy atom. The average molecular weight is 368 g/mol. The summed E-state index contributed by atoms with van der Waals surface area (Å²) < 4.78 is 27.5. The van der Waals surface area contributed by atoms with Crippen molar-refractivity contribution in [2.75, 3.05) is 4.72 Å². The van der Waals surface area contributed by atoms with Gasteiger partial charge in [-0.1, -0.05) is 11.6 Å². The van der Waals surface area contributed by atoms with Crippen molar-refractivity contribution in [3.8, 4) is 0 Å². The molecule has 0 fully saturated rings. The number of sulfonamides is 1. The molecule has 96 valence electrons. The molecule has 0 aliphatic carbocycles. The van der Waals surface area contributed by atoms with E-state index in [2.05, 4.69) is 25.6 Å². The number of hydrogen-bond acceptors (Lipinski definition) is 4. The van der Waals surface area contributed by atoms with Gasteiger partial charge in [-0.05, 0) is 45.9 Å². The summed E-state index contributed by atoms with van der Waals surface area (Å²) in [6.45, 7) is 1.76. The Morgan fingerprint density at radius 2 is 2.17 bits per heavy atom. The largest absolute Gasteiger partial charge is 0.276 e. The molecule has 0 unspecified atom stereocenters. The lowest BCUT2D eigenvalue weighted by molar-refractivity contribution is 0.602. The van der Waals surface area contributed by atoms with Crippen LogP contribution in [0.3, 0.4) is 0 Å². The van der Waals surface area contributed by atoms with Crippen molar-refractivity contribution in [1.82, 2.24) is 4.98 Å². The molecule has 0 spiro atoms. The summed E-state index contributed by atoms with van der Waals surface area (Å²) >= 11 is 10.2. The molecule has 0 aliphatic rings. The van der Waals surface area contributed by atoms with E-state index in [4.69, 9.17) is 11.6 Å². The number of nitrogens with zero attached hydrogens (tertiary/aromatic N) is 1. The first kappa shape index (κ1) is 13.8. The van der Waals surface area contributed by atoms with Crippen molar-refractivity contribution in [3.05, 3.63) is 38.9 Å². The fourth-order valence-corrected chi connectivity index (χ4v) is 5.09. The molecule has 0 saturated carbocycles. The number of aryl methyl sites for hydroxylation is 1. The Hall–Kier alpha value is -0.630. The molecule has 4 nitrogen and oxygen atoms in total. The van der Waals surface area contributed by atoms with Gasteiger partial charge < -0.3 is 0 Å². The predicted molar refractivity (Wildman–Crippen MR) is 76.8 cm³/mol. The molecular weight excluding hydrogens is 360 g/mol. The third kappa shape index (κ3) is 2.69. The minimum absolute atomic E-state index is 0.131. The topological polar surface area (TPSA) is 59.1 Å². The number of anilines is 1. The van der Waals surface area contributed by atoms with Crippen LogP contribution in [0.4, 0.5) is 5.69 Å². The van der Waals surface area contributed by atoms with Crippen LogP contribution < -0.4 is 4.72 Å². The molecule has 0 aromatic carbocycles. The highest BCUT2D eigenvalue weighted by Crippen LogP contribution is 2.31. The van der Waals surface area contributed by atoms with Gasteiger partial charge in [0.25, 0.3) is 10.0 Å². The monoisotopic (exact) mass is 366 g/mol. The van der Waals surface area contributed by atoms with E-state index in [9.17, 15) is 8.42 Å². The number of halogens is 2. The second-order valence-corrected chi connectivity index (χ2v) is 7.46. The van der Waals surface area contributed by atoms with Gasteiger partial charge in [-0.15, -0.1) is 11.3 Å². The quantitative estimate of drug-likeness (QED) is 0.842. The smallest absolute Gasteiger partial charge is 0.272 e. The van der Waals surface area contributed by atoms with Gasteiger partial charge in [0.05, 0.1) is 5.69 Å². The van der Waals surface area contributed by atoms with Crippen LogP contribution in [0.25, 0.3) is 0 Å². The van der Waals surface area contributed by atoms with E-state index in [1.165, 1.54) is 6.20 Å². The first-order valence-corrected chi connectivity index (χ1v) is 8.32. The van der Waals surface area contributed by atoms with Gasteiger partial charge in [-0.3, -0.25) is 4.72 Å². The SMILES string of the molecule is Cc1ccnc(Cl)c1NS(=O)(=O)c1sccc1Br. The number of rotatable bonds is 3. The Kier molecular flexibility index (Phi) is 3.96. The Bertz CT molecular complexity index is 665. The third-order valence-corrected chi connectivity index (χ3v) is 6.48. The second-order valence-electron chi connectivity index (χ2n) is 3.46. The lowest BCUT2D eigenvalue weighted by Crippen LogP contribution is -2.13. The van der Waals surface area contributed by atoms with Gasteiger partial charge in [0.1, 0.15) is 0 Å². The second kappa shape index (κ2) is 5.16. The highest BCUT2D eigenvalue weighted by Gasteiger charge is 2.21. The summed E-state index contributed by atoms with van der Waals surface area (Å²) in [5.41, 5.74) is 1.02. The van der Waals surface area contributed by atoms with Crippen LogP contribution in [0.15, 0.2) is 32.4 Å². The molecular formula is C10H8BrClN2O2S2. The van der Waals surface area contributed by atoms with Gasteiger partial charge in [0, 0.05) is 10.7 Å². The zero-order valence-corrected chi connectivity index (χ0v) is 13.1. The fraction of sp³-hybridized carbons (Fsp3) is 0.100. The number of nitrogens with one attached hydrogen (secondary N) is 1. The summed E-state index contributed by atoms with van der Waals surface area (Å²) in [5, 5.41) is 1.82. The predicted octanol–water partition coefficient (Wildman–Crippen LogP) is 3.67. The van der Waals surface area contributed by atoms with E-state index in [0.29, 0.717) is 15.7 Å². The first-order valence-electron chi connectivity index (χ1n) is 4.79. The van der Waals surface area contributed by atoms with E-state index in [-0.39, 0.29) is 9.36 Å². The van der Waals surface area contributed by atoms with Crippen molar-refractivity contribution >= 4 is 54.6 Å². The molecule has 0 bridgehead atoms. The average Bonchev–Trinajstić information content (AvgIpc) is 2.71. The summed E-state index contributed by atoms with van der Waals surface area (Å²) in [6, 6.07) is 3.37. The summed E-state index contributed by atoms with van der Waals surface area (Å²) in [5.74, 6) is 0. The van der Waals surface area contributed by atoms with Crippen molar-refractivity contribution in [2.24, 2.45) is 0 Å². The number of aromatic nitrogens is 1. The minimum atomic E-state index is -3.65. The molecule has 2 heterocycles. The van der Waals surface area contributed by atoms with Gasteiger partial charge in [0.2, 0.25) is 0 Å². The number of hydrogen-bond donors (Lipinski definition) is 1. The minimum Gasteiger partial charge on any atom is -0.276 e. The molecule has 0 atom stereocenters. The van der Waals surface area contributed by atoms with Crippen LogP contribution in [0, 0.1) is 6.92 Å². The lowest BCUT2D eigenvalue weighted by atomic mass is 10.3. The standard InChI is InChI=1S/C10H8BrClN2O2S2/c1-6-2-4-13-9(12)8(6)14-18(15,16)10-7(11)3-5-17-10/h2-5,14H,1H3. The summed E-state index contributed by atoms with van der Waals surface area (Å²) in [7, 11) is -3.65. The van der Waals surface area contributed by atoms with E-state index < -0.39 is 10.0 Å². The number of pyridine rings is 1. The number of thiophene rings is 1. The molecule has 0 amide bonds. The van der Waals surface area contributed by atoms with Crippen molar-refractivity contribution in [1.29, 1.82) is 0 Å².